The third-order valence-corrected chi connectivity index (χ3v) is 5.78. The lowest BCUT2D eigenvalue weighted by atomic mass is 10.1. The number of urea groups is 1. The molecule has 0 saturated carbocycles. The summed E-state index contributed by atoms with van der Waals surface area (Å²) in [7, 11) is 3.08. The number of nitrogens with zero attached hydrogens (tertiary/aromatic N) is 2. The highest BCUT2D eigenvalue weighted by atomic mass is 79.9. The molecule has 1 fully saturated rings. The number of halogens is 2. The summed E-state index contributed by atoms with van der Waals surface area (Å²) in [5, 5.41) is 3.48. The smallest absolute Gasteiger partial charge is 0.317 e. The van der Waals surface area contributed by atoms with Crippen molar-refractivity contribution in [3.05, 3.63) is 57.0 Å². The van der Waals surface area contributed by atoms with E-state index in [-0.39, 0.29) is 11.9 Å². The van der Waals surface area contributed by atoms with Gasteiger partial charge in [-0.25, -0.2) is 4.79 Å². The summed E-state index contributed by atoms with van der Waals surface area (Å²) in [5.41, 5.74) is 1.31. The quantitative estimate of drug-likeness (QED) is 0.684. The van der Waals surface area contributed by atoms with Gasteiger partial charge in [0, 0.05) is 48.3 Å². The van der Waals surface area contributed by atoms with Gasteiger partial charge in [-0.15, -0.1) is 0 Å². The molecule has 7 nitrogen and oxygen atoms in total. The van der Waals surface area contributed by atoms with Crippen LogP contribution in [0, 0.1) is 0 Å². The SMILES string of the molecule is COc1ccc(C(=O)N2CCN(C(=O)NCc3ccc(Br)cc3Cl)CC2)c(OC)c1. The van der Waals surface area contributed by atoms with Crippen molar-refractivity contribution in [2.24, 2.45) is 0 Å². The molecule has 1 heterocycles. The van der Waals surface area contributed by atoms with Crippen molar-refractivity contribution in [2.75, 3.05) is 40.4 Å². The van der Waals surface area contributed by atoms with Crippen molar-refractivity contribution in [2.45, 2.75) is 6.54 Å². The van der Waals surface area contributed by atoms with Gasteiger partial charge in [-0.2, -0.15) is 0 Å². The number of rotatable bonds is 5. The summed E-state index contributed by atoms with van der Waals surface area (Å²) < 4.78 is 11.4. The zero-order valence-electron chi connectivity index (χ0n) is 16.8. The van der Waals surface area contributed by atoms with E-state index in [0.717, 1.165) is 10.0 Å². The number of ether oxygens (including phenoxy) is 2. The summed E-state index contributed by atoms with van der Waals surface area (Å²) in [6.07, 6.45) is 0. The van der Waals surface area contributed by atoms with E-state index in [1.165, 1.54) is 7.11 Å². The van der Waals surface area contributed by atoms with E-state index in [0.29, 0.717) is 54.8 Å². The van der Waals surface area contributed by atoms with Gasteiger partial charge in [0.25, 0.3) is 5.91 Å². The molecule has 160 valence electrons. The lowest BCUT2D eigenvalue weighted by Gasteiger charge is -2.35. The third kappa shape index (κ3) is 5.17. The molecule has 1 aliphatic heterocycles. The molecule has 1 aliphatic rings. The van der Waals surface area contributed by atoms with E-state index in [2.05, 4.69) is 21.2 Å². The monoisotopic (exact) mass is 495 g/mol. The standard InChI is InChI=1S/C21H23BrClN3O4/c1-29-16-5-6-17(19(12-16)30-2)20(27)25-7-9-26(10-8-25)21(28)24-13-14-3-4-15(22)11-18(14)23/h3-6,11-12H,7-10,13H2,1-2H3,(H,24,28). The second-order valence-electron chi connectivity index (χ2n) is 6.74. The highest BCUT2D eigenvalue weighted by molar-refractivity contribution is 9.10. The number of piperazine rings is 1. The summed E-state index contributed by atoms with van der Waals surface area (Å²) in [5.74, 6) is 0.956. The summed E-state index contributed by atoms with van der Waals surface area (Å²) >= 11 is 9.56. The van der Waals surface area contributed by atoms with Crippen LogP contribution in [0.1, 0.15) is 15.9 Å². The molecule has 2 aromatic rings. The predicted octanol–water partition coefficient (Wildman–Crippen LogP) is 3.79. The number of carbonyl (C=O) groups is 2. The van der Waals surface area contributed by atoms with Crippen LogP contribution in [-0.4, -0.2) is 62.1 Å². The molecule has 0 unspecified atom stereocenters. The Morgan fingerprint density at radius 2 is 1.73 bits per heavy atom. The molecule has 0 atom stereocenters. The fraction of sp³-hybridized carbons (Fsp3) is 0.333. The van der Waals surface area contributed by atoms with Gasteiger partial charge in [-0.05, 0) is 29.8 Å². The second kappa shape index (κ2) is 10.0. The minimum atomic E-state index is -0.178. The van der Waals surface area contributed by atoms with Gasteiger partial charge in [0.1, 0.15) is 11.5 Å². The van der Waals surface area contributed by atoms with Gasteiger partial charge in [-0.3, -0.25) is 4.79 Å². The van der Waals surface area contributed by atoms with E-state index < -0.39 is 0 Å². The van der Waals surface area contributed by atoms with E-state index in [1.54, 1.807) is 41.2 Å². The second-order valence-corrected chi connectivity index (χ2v) is 8.06. The van der Waals surface area contributed by atoms with Crippen LogP contribution in [0.3, 0.4) is 0 Å². The van der Waals surface area contributed by atoms with Crippen LogP contribution in [0.15, 0.2) is 40.9 Å². The van der Waals surface area contributed by atoms with Crippen molar-refractivity contribution in [3.8, 4) is 11.5 Å². The fourth-order valence-corrected chi connectivity index (χ4v) is 3.95. The van der Waals surface area contributed by atoms with Crippen molar-refractivity contribution in [1.82, 2.24) is 15.1 Å². The zero-order valence-corrected chi connectivity index (χ0v) is 19.1. The average molecular weight is 497 g/mol. The van der Waals surface area contributed by atoms with Crippen molar-refractivity contribution < 1.29 is 19.1 Å². The van der Waals surface area contributed by atoms with Gasteiger partial charge in [0.05, 0.1) is 19.8 Å². The minimum Gasteiger partial charge on any atom is -0.497 e. The number of amides is 3. The Morgan fingerprint density at radius 1 is 1.03 bits per heavy atom. The average Bonchev–Trinajstić information content (AvgIpc) is 2.77. The Kier molecular flexibility index (Phi) is 7.44. The van der Waals surface area contributed by atoms with Crippen molar-refractivity contribution >= 4 is 39.5 Å². The van der Waals surface area contributed by atoms with Gasteiger partial charge >= 0.3 is 6.03 Å². The first-order valence-electron chi connectivity index (χ1n) is 9.41. The lowest BCUT2D eigenvalue weighted by Crippen LogP contribution is -2.53. The molecular formula is C21H23BrClN3O4. The Hall–Kier alpha value is -2.45. The fourth-order valence-electron chi connectivity index (χ4n) is 3.21. The molecule has 9 heteroatoms. The third-order valence-electron chi connectivity index (χ3n) is 4.94. The van der Waals surface area contributed by atoms with Crippen LogP contribution in [0.25, 0.3) is 0 Å². The predicted molar refractivity (Wildman–Crippen MR) is 118 cm³/mol. The Morgan fingerprint density at radius 3 is 2.37 bits per heavy atom. The number of benzene rings is 2. The highest BCUT2D eigenvalue weighted by Gasteiger charge is 2.26. The van der Waals surface area contributed by atoms with Crippen molar-refractivity contribution in [1.29, 1.82) is 0 Å². The summed E-state index contributed by atoms with van der Waals surface area (Å²) in [6, 6.07) is 10.5. The lowest BCUT2D eigenvalue weighted by molar-refractivity contribution is 0.0661. The van der Waals surface area contributed by atoms with E-state index in [9.17, 15) is 9.59 Å². The molecule has 0 aliphatic carbocycles. The first-order chi connectivity index (χ1) is 14.4. The maximum Gasteiger partial charge on any atom is 0.317 e. The van der Waals surface area contributed by atoms with Crippen LogP contribution in [0.5, 0.6) is 11.5 Å². The van der Waals surface area contributed by atoms with Crippen LogP contribution < -0.4 is 14.8 Å². The van der Waals surface area contributed by atoms with Gasteiger partial charge in [0.2, 0.25) is 0 Å². The topological polar surface area (TPSA) is 71.1 Å². The molecule has 3 amide bonds. The molecular weight excluding hydrogens is 474 g/mol. The first-order valence-corrected chi connectivity index (χ1v) is 10.6. The Balaban J connectivity index is 1.55. The zero-order chi connectivity index (χ0) is 21.7. The van der Waals surface area contributed by atoms with Crippen LogP contribution >= 0.6 is 27.5 Å². The van der Waals surface area contributed by atoms with Crippen molar-refractivity contribution in [3.63, 3.8) is 0 Å². The number of hydrogen-bond donors (Lipinski definition) is 1. The normalized spacial score (nSPS) is 13.7. The molecule has 1 saturated heterocycles. The first kappa shape index (κ1) is 22.2. The largest absolute Gasteiger partial charge is 0.497 e. The number of hydrogen-bond acceptors (Lipinski definition) is 4. The Bertz CT molecular complexity index is 932. The van der Waals surface area contributed by atoms with E-state index >= 15 is 0 Å². The van der Waals surface area contributed by atoms with Gasteiger partial charge < -0.3 is 24.6 Å². The molecule has 0 spiro atoms. The maximum atomic E-state index is 12.9. The molecule has 30 heavy (non-hydrogen) atoms. The van der Waals surface area contributed by atoms with Gasteiger partial charge in [-0.1, -0.05) is 33.6 Å². The number of nitrogens with one attached hydrogen (secondary N) is 1. The van der Waals surface area contributed by atoms with E-state index in [4.69, 9.17) is 21.1 Å². The molecule has 2 aromatic carbocycles. The molecule has 0 bridgehead atoms. The number of carbonyl (C=O) groups excluding carboxylic acids is 2. The summed E-state index contributed by atoms with van der Waals surface area (Å²) in [4.78, 5) is 28.8. The van der Waals surface area contributed by atoms with Gasteiger partial charge in [0.15, 0.2) is 0 Å². The van der Waals surface area contributed by atoms with Crippen LogP contribution in [-0.2, 0) is 6.54 Å². The minimum absolute atomic E-state index is 0.129. The Labute approximate surface area is 189 Å². The molecule has 1 N–H and O–H groups in total. The molecule has 0 aromatic heterocycles. The molecule has 0 radical (unpaired) electrons. The maximum absolute atomic E-state index is 12.9. The van der Waals surface area contributed by atoms with Crippen LogP contribution in [0.4, 0.5) is 4.79 Å². The molecule has 3 rings (SSSR count). The van der Waals surface area contributed by atoms with Crippen LogP contribution in [0.2, 0.25) is 5.02 Å². The summed E-state index contributed by atoms with van der Waals surface area (Å²) in [6.45, 7) is 2.13. The number of methoxy groups -OCH3 is 2. The highest BCUT2D eigenvalue weighted by Crippen LogP contribution is 2.26. The van der Waals surface area contributed by atoms with E-state index in [1.807, 2.05) is 12.1 Å².